The molecule has 2 aromatic rings. The number of likely N-dealkylation sites (tertiary alicyclic amines) is 1. The van der Waals surface area contributed by atoms with E-state index in [1.165, 1.54) is 11.0 Å². The number of β-amino-alcohol motifs (C(OH)–C–C–N with tert-alkyl or cyclic N) is 1. The SMILES string of the molecule is O=C(c1cc2ccccc2oc1=O)N1CC(O)C1. The number of hydrogen-bond acceptors (Lipinski definition) is 4. The first kappa shape index (κ1) is 11.0. The Labute approximate surface area is 102 Å². The number of hydrogen-bond donors (Lipinski definition) is 1. The zero-order chi connectivity index (χ0) is 12.7. The van der Waals surface area contributed by atoms with Crippen molar-refractivity contribution in [3.63, 3.8) is 0 Å². The van der Waals surface area contributed by atoms with Crippen molar-refractivity contribution in [2.75, 3.05) is 13.1 Å². The summed E-state index contributed by atoms with van der Waals surface area (Å²) in [5.74, 6) is -0.389. The van der Waals surface area contributed by atoms with E-state index < -0.39 is 11.7 Å². The summed E-state index contributed by atoms with van der Waals surface area (Å²) in [4.78, 5) is 25.1. The van der Waals surface area contributed by atoms with Crippen LogP contribution in [0.1, 0.15) is 10.4 Å². The molecule has 1 N–H and O–H groups in total. The highest BCUT2D eigenvalue weighted by molar-refractivity contribution is 5.97. The molecule has 0 atom stereocenters. The second kappa shape index (κ2) is 3.96. The van der Waals surface area contributed by atoms with Gasteiger partial charge in [0.2, 0.25) is 0 Å². The summed E-state index contributed by atoms with van der Waals surface area (Å²) in [5.41, 5.74) is -0.164. The van der Waals surface area contributed by atoms with Crippen molar-refractivity contribution in [3.05, 3.63) is 46.3 Å². The van der Waals surface area contributed by atoms with Crippen LogP contribution in [-0.2, 0) is 0 Å². The average molecular weight is 245 g/mol. The lowest BCUT2D eigenvalue weighted by Crippen LogP contribution is -2.54. The third-order valence-corrected chi connectivity index (χ3v) is 3.02. The van der Waals surface area contributed by atoms with Crippen LogP contribution in [0.15, 0.2) is 39.5 Å². The Morgan fingerprint density at radius 2 is 2.06 bits per heavy atom. The van der Waals surface area contributed by atoms with Gasteiger partial charge in [-0.1, -0.05) is 18.2 Å². The van der Waals surface area contributed by atoms with Gasteiger partial charge in [0.05, 0.1) is 6.10 Å². The van der Waals surface area contributed by atoms with E-state index in [2.05, 4.69) is 0 Å². The Morgan fingerprint density at radius 1 is 1.33 bits per heavy atom. The van der Waals surface area contributed by atoms with Crippen molar-refractivity contribution in [2.24, 2.45) is 0 Å². The zero-order valence-corrected chi connectivity index (χ0v) is 9.50. The number of carbonyl (C=O) groups is 1. The maximum absolute atomic E-state index is 12.0. The van der Waals surface area contributed by atoms with E-state index in [-0.39, 0.29) is 24.6 Å². The standard InChI is InChI=1S/C13H11NO4/c15-9-6-14(7-9)12(16)10-5-8-3-1-2-4-11(8)18-13(10)17/h1-5,9,15H,6-7H2. The second-order valence-electron chi connectivity index (χ2n) is 4.35. The summed E-state index contributed by atoms with van der Waals surface area (Å²) in [6, 6.07) is 8.56. The first-order valence-corrected chi connectivity index (χ1v) is 5.65. The summed E-state index contributed by atoms with van der Waals surface area (Å²) in [6.07, 6.45) is -0.485. The highest BCUT2D eigenvalue weighted by Crippen LogP contribution is 2.16. The monoisotopic (exact) mass is 245 g/mol. The van der Waals surface area contributed by atoms with Crippen LogP contribution in [0.3, 0.4) is 0 Å². The first-order valence-electron chi connectivity index (χ1n) is 5.65. The van der Waals surface area contributed by atoms with E-state index in [9.17, 15) is 9.59 Å². The molecule has 1 aromatic heterocycles. The van der Waals surface area contributed by atoms with E-state index in [0.717, 1.165) is 0 Å². The molecule has 1 saturated heterocycles. The topological polar surface area (TPSA) is 70.8 Å². The van der Waals surface area contributed by atoms with E-state index in [1.807, 2.05) is 6.07 Å². The van der Waals surface area contributed by atoms with Crippen LogP contribution >= 0.6 is 0 Å². The molecular formula is C13H11NO4. The fraction of sp³-hybridized carbons (Fsp3) is 0.231. The number of fused-ring (bicyclic) bond motifs is 1. The highest BCUT2D eigenvalue weighted by Gasteiger charge is 2.31. The van der Waals surface area contributed by atoms with Crippen LogP contribution in [0.25, 0.3) is 11.0 Å². The van der Waals surface area contributed by atoms with Crippen LogP contribution < -0.4 is 5.63 Å². The predicted molar refractivity (Wildman–Crippen MR) is 64.4 cm³/mol. The molecule has 1 aromatic carbocycles. The van der Waals surface area contributed by atoms with Crippen molar-refractivity contribution < 1.29 is 14.3 Å². The van der Waals surface area contributed by atoms with Crippen LogP contribution in [0, 0.1) is 0 Å². The van der Waals surface area contributed by atoms with Gasteiger partial charge in [-0.3, -0.25) is 4.79 Å². The Kier molecular flexibility index (Phi) is 2.41. The fourth-order valence-corrected chi connectivity index (χ4v) is 2.00. The summed E-state index contributed by atoms with van der Waals surface area (Å²) in [7, 11) is 0. The number of amides is 1. The molecule has 0 saturated carbocycles. The maximum Gasteiger partial charge on any atom is 0.349 e. The van der Waals surface area contributed by atoms with E-state index in [1.54, 1.807) is 18.2 Å². The van der Waals surface area contributed by atoms with Crippen molar-refractivity contribution in [3.8, 4) is 0 Å². The molecule has 1 aliphatic rings. The Bertz CT molecular complexity index is 670. The van der Waals surface area contributed by atoms with E-state index in [4.69, 9.17) is 9.52 Å². The third-order valence-electron chi connectivity index (χ3n) is 3.02. The molecule has 0 aliphatic carbocycles. The lowest BCUT2D eigenvalue weighted by Gasteiger charge is -2.35. The number of nitrogens with zero attached hydrogens (tertiary/aromatic N) is 1. The molecule has 0 spiro atoms. The molecule has 3 rings (SSSR count). The van der Waals surface area contributed by atoms with Gasteiger partial charge in [0.15, 0.2) is 0 Å². The number of rotatable bonds is 1. The smallest absolute Gasteiger partial charge is 0.349 e. The Balaban J connectivity index is 2.04. The molecule has 5 nitrogen and oxygen atoms in total. The minimum absolute atomic E-state index is 0.0144. The predicted octanol–water partition coefficient (Wildman–Crippen LogP) is 0.610. The van der Waals surface area contributed by atoms with Gasteiger partial charge in [-0.15, -0.1) is 0 Å². The van der Waals surface area contributed by atoms with Gasteiger partial charge in [0.1, 0.15) is 11.1 Å². The first-order chi connectivity index (χ1) is 8.65. The van der Waals surface area contributed by atoms with Gasteiger partial charge >= 0.3 is 5.63 Å². The van der Waals surface area contributed by atoms with Crippen LogP contribution in [0.5, 0.6) is 0 Å². The van der Waals surface area contributed by atoms with Crippen molar-refractivity contribution >= 4 is 16.9 Å². The molecular weight excluding hydrogens is 234 g/mol. The molecule has 18 heavy (non-hydrogen) atoms. The molecule has 0 bridgehead atoms. The van der Waals surface area contributed by atoms with Gasteiger partial charge in [0, 0.05) is 18.5 Å². The normalized spacial score (nSPS) is 15.7. The molecule has 92 valence electrons. The molecule has 1 amide bonds. The summed E-state index contributed by atoms with van der Waals surface area (Å²) in [6.45, 7) is 0.538. The van der Waals surface area contributed by atoms with Crippen molar-refractivity contribution in [1.82, 2.24) is 4.90 Å². The van der Waals surface area contributed by atoms with Gasteiger partial charge in [-0.25, -0.2) is 4.79 Å². The summed E-state index contributed by atoms with van der Waals surface area (Å²) < 4.78 is 5.09. The largest absolute Gasteiger partial charge is 0.422 e. The molecule has 0 unspecified atom stereocenters. The third kappa shape index (κ3) is 1.69. The molecule has 0 radical (unpaired) electrons. The van der Waals surface area contributed by atoms with Gasteiger partial charge < -0.3 is 14.4 Å². The number of aliphatic hydroxyl groups is 1. The summed E-state index contributed by atoms with van der Waals surface area (Å²) >= 11 is 0. The van der Waals surface area contributed by atoms with Crippen LogP contribution in [-0.4, -0.2) is 35.1 Å². The Hall–Kier alpha value is -2.14. The zero-order valence-electron chi connectivity index (χ0n) is 9.50. The average Bonchev–Trinajstić information content (AvgIpc) is 2.33. The molecule has 5 heteroatoms. The van der Waals surface area contributed by atoms with Gasteiger partial charge in [-0.05, 0) is 12.1 Å². The number of para-hydroxylation sites is 1. The number of carbonyl (C=O) groups excluding carboxylic acids is 1. The second-order valence-corrected chi connectivity index (χ2v) is 4.35. The van der Waals surface area contributed by atoms with Crippen LogP contribution in [0.4, 0.5) is 0 Å². The van der Waals surface area contributed by atoms with Crippen molar-refractivity contribution in [1.29, 1.82) is 0 Å². The minimum Gasteiger partial charge on any atom is -0.422 e. The summed E-state index contributed by atoms with van der Waals surface area (Å²) in [5, 5.41) is 9.87. The lowest BCUT2D eigenvalue weighted by molar-refractivity contribution is 0.00563. The quantitative estimate of drug-likeness (QED) is 0.747. The molecule has 1 fully saturated rings. The number of benzene rings is 1. The van der Waals surface area contributed by atoms with E-state index in [0.29, 0.717) is 11.0 Å². The lowest BCUT2D eigenvalue weighted by atomic mass is 10.1. The number of aliphatic hydroxyl groups excluding tert-OH is 1. The van der Waals surface area contributed by atoms with Crippen molar-refractivity contribution in [2.45, 2.75) is 6.10 Å². The highest BCUT2D eigenvalue weighted by atomic mass is 16.4. The van der Waals surface area contributed by atoms with Crippen LogP contribution in [0.2, 0.25) is 0 Å². The fourth-order valence-electron chi connectivity index (χ4n) is 2.00. The Morgan fingerprint density at radius 3 is 2.78 bits per heavy atom. The van der Waals surface area contributed by atoms with Gasteiger partial charge in [0.25, 0.3) is 5.91 Å². The molecule has 2 heterocycles. The maximum atomic E-state index is 12.0. The van der Waals surface area contributed by atoms with E-state index >= 15 is 0 Å². The molecule has 1 aliphatic heterocycles. The minimum atomic E-state index is -0.639. The van der Waals surface area contributed by atoms with Gasteiger partial charge in [-0.2, -0.15) is 0 Å².